The predicted molar refractivity (Wildman–Crippen MR) is 49.1 cm³/mol. The molecule has 0 spiro atoms. The van der Waals surface area contributed by atoms with Crippen LogP contribution in [-0.2, 0) is 6.54 Å². The zero-order valence-corrected chi connectivity index (χ0v) is 7.79. The molecule has 0 aliphatic heterocycles. The van der Waals surface area contributed by atoms with Crippen LogP contribution in [0.2, 0.25) is 5.02 Å². The van der Waals surface area contributed by atoms with Gasteiger partial charge < -0.3 is 9.67 Å². The second-order valence-corrected chi connectivity index (χ2v) is 3.88. The third-order valence-electron chi connectivity index (χ3n) is 2.23. The van der Waals surface area contributed by atoms with Crippen LogP contribution in [-0.4, -0.2) is 15.6 Å². The number of halogens is 1. The van der Waals surface area contributed by atoms with Crippen LogP contribution in [0.3, 0.4) is 0 Å². The molecule has 0 radical (unpaired) electrons. The summed E-state index contributed by atoms with van der Waals surface area (Å²) in [6, 6.07) is 1.49. The van der Waals surface area contributed by atoms with Crippen molar-refractivity contribution in [3.63, 3.8) is 0 Å². The first-order chi connectivity index (χ1) is 6.16. The van der Waals surface area contributed by atoms with Crippen LogP contribution in [0.1, 0.15) is 23.3 Å². The lowest BCUT2D eigenvalue weighted by atomic mass is 10.4. The zero-order chi connectivity index (χ0) is 9.42. The van der Waals surface area contributed by atoms with Crippen LogP contribution in [0.5, 0.6) is 0 Å². The first-order valence-corrected chi connectivity index (χ1v) is 4.63. The fourth-order valence-corrected chi connectivity index (χ4v) is 1.60. The van der Waals surface area contributed by atoms with E-state index in [4.69, 9.17) is 16.7 Å². The molecule has 1 aliphatic carbocycles. The topological polar surface area (TPSA) is 42.2 Å². The second-order valence-electron chi connectivity index (χ2n) is 3.44. The van der Waals surface area contributed by atoms with Gasteiger partial charge in [-0.05, 0) is 24.8 Å². The number of hydrogen-bond acceptors (Lipinski definition) is 1. The van der Waals surface area contributed by atoms with Crippen molar-refractivity contribution in [2.45, 2.75) is 19.4 Å². The Kier molecular flexibility index (Phi) is 2.04. The van der Waals surface area contributed by atoms with Crippen molar-refractivity contribution in [1.29, 1.82) is 0 Å². The molecular weight excluding hydrogens is 190 g/mol. The van der Waals surface area contributed by atoms with E-state index in [9.17, 15) is 4.79 Å². The smallest absolute Gasteiger partial charge is 0.352 e. The normalized spacial score (nSPS) is 16.1. The van der Waals surface area contributed by atoms with Gasteiger partial charge in [0.25, 0.3) is 0 Å². The largest absolute Gasteiger partial charge is 0.477 e. The summed E-state index contributed by atoms with van der Waals surface area (Å²) in [7, 11) is 0. The minimum atomic E-state index is -0.910. The number of aromatic carboxylic acids is 1. The molecule has 1 aromatic rings. The van der Waals surface area contributed by atoms with Gasteiger partial charge in [-0.25, -0.2) is 4.79 Å². The Bertz CT molecular complexity index is 341. The Morgan fingerprint density at radius 3 is 2.92 bits per heavy atom. The molecule has 70 valence electrons. The average Bonchev–Trinajstić information content (AvgIpc) is 2.75. The highest BCUT2D eigenvalue weighted by atomic mass is 35.5. The number of carboxylic acids is 1. The lowest BCUT2D eigenvalue weighted by molar-refractivity contribution is 0.0684. The number of rotatable bonds is 3. The highest BCUT2D eigenvalue weighted by molar-refractivity contribution is 6.30. The van der Waals surface area contributed by atoms with Gasteiger partial charge in [0.1, 0.15) is 5.69 Å². The van der Waals surface area contributed by atoms with Crippen LogP contribution < -0.4 is 0 Å². The number of aromatic nitrogens is 1. The van der Waals surface area contributed by atoms with Crippen molar-refractivity contribution in [1.82, 2.24) is 4.57 Å². The van der Waals surface area contributed by atoms with Gasteiger partial charge >= 0.3 is 5.97 Å². The second kappa shape index (κ2) is 3.07. The van der Waals surface area contributed by atoms with Crippen LogP contribution in [0.25, 0.3) is 0 Å². The van der Waals surface area contributed by atoms with E-state index in [1.165, 1.54) is 18.9 Å². The van der Waals surface area contributed by atoms with Gasteiger partial charge in [-0.15, -0.1) is 0 Å². The van der Waals surface area contributed by atoms with Gasteiger partial charge in [-0.1, -0.05) is 11.6 Å². The minimum Gasteiger partial charge on any atom is -0.477 e. The molecular formula is C9H10ClNO2. The average molecular weight is 200 g/mol. The van der Waals surface area contributed by atoms with E-state index in [1.807, 2.05) is 0 Å². The molecule has 0 saturated heterocycles. The van der Waals surface area contributed by atoms with Gasteiger partial charge in [-0.3, -0.25) is 0 Å². The Morgan fingerprint density at radius 1 is 1.69 bits per heavy atom. The molecule has 4 heteroatoms. The lowest BCUT2D eigenvalue weighted by Gasteiger charge is -2.03. The van der Waals surface area contributed by atoms with Crippen LogP contribution in [0, 0.1) is 5.92 Å². The van der Waals surface area contributed by atoms with Gasteiger partial charge in [0.05, 0.1) is 5.02 Å². The van der Waals surface area contributed by atoms with E-state index in [2.05, 4.69) is 0 Å². The maximum atomic E-state index is 10.8. The molecule has 2 rings (SSSR count). The lowest BCUT2D eigenvalue weighted by Crippen LogP contribution is -2.08. The molecule has 0 aromatic carbocycles. The molecule has 0 unspecified atom stereocenters. The first kappa shape index (κ1) is 8.63. The third kappa shape index (κ3) is 1.86. The van der Waals surface area contributed by atoms with E-state index < -0.39 is 5.97 Å². The quantitative estimate of drug-likeness (QED) is 0.812. The van der Waals surface area contributed by atoms with E-state index in [1.54, 1.807) is 10.8 Å². The summed E-state index contributed by atoms with van der Waals surface area (Å²) in [5.41, 5.74) is 0.289. The summed E-state index contributed by atoms with van der Waals surface area (Å²) in [5, 5.41) is 9.33. The summed E-state index contributed by atoms with van der Waals surface area (Å²) in [5.74, 6) is -0.255. The molecule has 1 aromatic heterocycles. The highest BCUT2D eigenvalue weighted by Gasteiger charge is 2.23. The number of carboxylic acid groups (broad SMARTS) is 1. The Hall–Kier alpha value is -0.960. The van der Waals surface area contributed by atoms with Crippen molar-refractivity contribution in [2.24, 2.45) is 5.92 Å². The molecule has 0 amide bonds. The van der Waals surface area contributed by atoms with Crippen molar-refractivity contribution in [2.75, 3.05) is 0 Å². The molecule has 1 fully saturated rings. The van der Waals surface area contributed by atoms with Crippen molar-refractivity contribution in [3.8, 4) is 0 Å². The van der Waals surface area contributed by atoms with Crippen LogP contribution >= 0.6 is 11.6 Å². The van der Waals surface area contributed by atoms with Crippen molar-refractivity contribution in [3.05, 3.63) is 23.0 Å². The number of hydrogen-bond donors (Lipinski definition) is 1. The molecule has 3 nitrogen and oxygen atoms in total. The van der Waals surface area contributed by atoms with E-state index >= 15 is 0 Å². The number of nitrogens with zero attached hydrogens (tertiary/aromatic N) is 1. The van der Waals surface area contributed by atoms with Crippen LogP contribution in [0.15, 0.2) is 12.3 Å². The Balaban J connectivity index is 2.24. The van der Waals surface area contributed by atoms with E-state index in [-0.39, 0.29) is 5.69 Å². The van der Waals surface area contributed by atoms with Gasteiger partial charge in [-0.2, -0.15) is 0 Å². The summed E-state index contributed by atoms with van der Waals surface area (Å²) in [6.07, 6.45) is 4.09. The van der Waals surface area contributed by atoms with Crippen molar-refractivity contribution >= 4 is 17.6 Å². The maximum Gasteiger partial charge on any atom is 0.352 e. The summed E-state index contributed by atoms with van der Waals surface area (Å²) in [6.45, 7) is 0.786. The highest BCUT2D eigenvalue weighted by Crippen LogP contribution is 2.31. The van der Waals surface area contributed by atoms with Gasteiger partial charge in [0.2, 0.25) is 0 Å². The van der Waals surface area contributed by atoms with E-state index in [0.29, 0.717) is 10.9 Å². The number of carbonyl (C=O) groups is 1. The third-order valence-corrected chi connectivity index (χ3v) is 2.44. The minimum absolute atomic E-state index is 0.289. The molecule has 1 aliphatic rings. The predicted octanol–water partition coefficient (Wildman–Crippen LogP) is 2.25. The summed E-state index contributed by atoms with van der Waals surface area (Å²) < 4.78 is 1.72. The molecule has 0 bridgehead atoms. The molecule has 1 heterocycles. The van der Waals surface area contributed by atoms with Gasteiger partial charge in [0.15, 0.2) is 0 Å². The van der Waals surface area contributed by atoms with Crippen molar-refractivity contribution < 1.29 is 9.90 Å². The Labute approximate surface area is 80.9 Å². The van der Waals surface area contributed by atoms with Gasteiger partial charge in [0, 0.05) is 12.7 Å². The molecule has 0 atom stereocenters. The fraction of sp³-hybridized carbons (Fsp3) is 0.444. The standard InChI is InChI=1S/C9H10ClNO2/c10-7-3-8(9(12)13)11(5-7)4-6-1-2-6/h3,5-6H,1-2,4H2,(H,12,13). The zero-order valence-electron chi connectivity index (χ0n) is 7.03. The first-order valence-electron chi connectivity index (χ1n) is 4.26. The molecule has 1 N–H and O–H groups in total. The van der Waals surface area contributed by atoms with Crippen LogP contribution in [0.4, 0.5) is 0 Å². The SMILES string of the molecule is O=C(O)c1cc(Cl)cn1CC1CC1. The summed E-state index contributed by atoms with van der Waals surface area (Å²) >= 11 is 5.73. The monoisotopic (exact) mass is 199 g/mol. The van der Waals surface area contributed by atoms with E-state index in [0.717, 1.165) is 6.54 Å². The Morgan fingerprint density at radius 2 is 2.38 bits per heavy atom. The molecule has 1 saturated carbocycles. The molecule has 13 heavy (non-hydrogen) atoms. The summed E-state index contributed by atoms with van der Waals surface area (Å²) in [4.78, 5) is 10.8. The fourth-order valence-electron chi connectivity index (χ4n) is 1.38. The maximum absolute atomic E-state index is 10.8.